The van der Waals surface area contributed by atoms with Crippen molar-refractivity contribution >= 4 is 0 Å². The van der Waals surface area contributed by atoms with Crippen molar-refractivity contribution in [2.24, 2.45) is 0 Å². The summed E-state index contributed by atoms with van der Waals surface area (Å²) in [5.41, 5.74) is 3.40. The second-order valence-corrected chi connectivity index (χ2v) is 5.38. The fourth-order valence-electron chi connectivity index (χ4n) is 2.57. The number of hydrogen-bond donors (Lipinski definition) is 1. The predicted octanol–water partition coefficient (Wildman–Crippen LogP) is 3.15. The second kappa shape index (κ2) is 9.15. The topological polar surface area (TPSA) is 49.0 Å². The van der Waals surface area contributed by atoms with Gasteiger partial charge in [0, 0.05) is 31.8 Å². The van der Waals surface area contributed by atoms with Crippen molar-refractivity contribution in [1.29, 1.82) is 0 Å². The van der Waals surface area contributed by atoms with E-state index in [1.807, 2.05) is 18.2 Å². The maximum Gasteiger partial charge on any atom is 0.164 e. The normalized spacial score (nSPS) is 10.5. The molecule has 0 aromatic heterocycles. The van der Waals surface area contributed by atoms with Gasteiger partial charge >= 0.3 is 0 Å². The molecule has 2 rings (SSSR count). The first-order valence-corrected chi connectivity index (χ1v) is 7.78. The molecule has 0 radical (unpaired) electrons. The van der Waals surface area contributed by atoms with Crippen LogP contribution in [0.3, 0.4) is 0 Å². The van der Waals surface area contributed by atoms with Crippen LogP contribution in [0.4, 0.5) is 0 Å². The Morgan fingerprint density at radius 2 is 1.42 bits per heavy atom. The van der Waals surface area contributed by atoms with Gasteiger partial charge in [0.1, 0.15) is 5.75 Å². The van der Waals surface area contributed by atoms with E-state index in [4.69, 9.17) is 18.9 Å². The number of hydrogen-bond acceptors (Lipinski definition) is 5. The third-order valence-electron chi connectivity index (χ3n) is 3.73. The lowest BCUT2D eigenvalue weighted by Crippen LogP contribution is -2.14. The second-order valence-electron chi connectivity index (χ2n) is 5.38. The highest BCUT2D eigenvalue weighted by Crippen LogP contribution is 2.34. The first-order chi connectivity index (χ1) is 11.7. The van der Waals surface area contributed by atoms with Crippen molar-refractivity contribution in [3.05, 3.63) is 53.1 Å². The molecule has 5 heteroatoms. The smallest absolute Gasteiger partial charge is 0.164 e. The maximum atomic E-state index is 5.45. The monoisotopic (exact) mass is 331 g/mol. The van der Waals surface area contributed by atoms with Gasteiger partial charge in [-0.15, -0.1) is 0 Å². The minimum absolute atomic E-state index is 0.622. The Morgan fingerprint density at radius 1 is 0.750 bits per heavy atom. The summed E-state index contributed by atoms with van der Waals surface area (Å²) < 4.78 is 21.3. The van der Waals surface area contributed by atoms with Gasteiger partial charge in [-0.05, 0) is 17.2 Å². The molecule has 0 atom stereocenters. The Hall–Kier alpha value is -2.24. The third kappa shape index (κ3) is 4.63. The van der Waals surface area contributed by atoms with Crippen LogP contribution in [-0.2, 0) is 24.4 Å². The highest BCUT2D eigenvalue weighted by molar-refractivity contribution is 5.50. The average Bonchev–Trinajstić information content (AvgIpc) is 2.61. The zero-order chi connectivity index (χ0) is 17.4. The van der Waals surface area contributed by atoms with Gasteiger partial charge in [0.05, 0.1) is 27.9 Å². The Labute approximate surface area is 143 Å². The van der Waals surface area contributed by atoms with Crippen molar-refractivity contribution in [2.45, 2.75) is 19.7 Å². The molecule has 0 aliphatic heterocycles. The summed E-state index contributed by atoms with van der Waals surface area (Å²) in [6.07, 6.45) is 0. The number of benzene rings is 2. The van der Waals surface area contributed by atoms with E-state index in [9.17, 15) is 0 Å². The van der Waals surface area contributed by atoms with Crippen LogP contribution in [0.2, 0.25) is 0 Å². The maximum absolute atomic E-state index is 5.45. The summed E-state index contributed by atoms with van der Waals surface area (Å²) in [6, 6.07) is 12.1. The fourth-order valence-corrected chi connectivity index (χ4v) is 2.57. The zero-order valence-corrected chi connectivity index (χ0v) is 14.7. The van der Waals surface area contributed by atoms with Crippen molar-refractivity contribution in [1.82, 2.24) is 5.32 Å². The SMILES string of the molecule is COCc1cccc(CNCc2cc(OC)c(OC)cc2OC)c1. The lowest BCUT2D eigenvalue weighted by Gasteiger charge is -2.14. The largest absolute Gasteiger partial charge is 0.496 e. The van der Waals surface area contributed by atoms with E-state index in [1.54, 1.807) is 28.4 Å². The Morgan fingerprint density at radius 3 is 2.08 bits per heavy atom. The van der Waals surface area contributed by atoms with Crippen LogP contribution in [0.25, 0.3) is 0 Å². The van der Waals surface area contributed by atoms with Gasteiger partial charge in [-0.2, -0.15) is 0 Å². The van der Waals surface area contributed by atoms with Crippen LogP contribution in [-0.4, -0.2) is 28.4 Å². The lowest BCUT2D eigenvalue weighted by atomic mass is 10.1. The standard InChI is InChI=1S/C19H25NO4/c1-21-13-15-7-5-6-14(8-15)11-20-12-16-9-18(23-3)19(24-4)10-17(16)22-2/h5-10,20H,11-13H2,1-4H3. The van der Waals surface area contributed by atoms with Gasteiger partial charge in [-0.25, -0.2) is 0 Å². The van der Waals surface area contributed by atoms with E-state index in [-0.39, 0.29) is 0 Å². The summed E-state index contributed by atoms with van der Waals surface area (Å²) in [5, 5.41) is 3.43. The van der Waals surface area contributed by atoms with Gasteiger partial charge < -0.3 is 24.3 Å². The molecule has 5 nitrogen and oxygen atoms in total. The molecular formula is C19H25NO4. The molecule has 130 valence electrons. The number of ether oxygens (including phenoxy) is 4. The molecule has 0 spiro atoms. The quantitative estimate of drug-likeness (QED) is 0.765. The molecule has 2 aromatic carbocycles. The van der Waals surface area contributed by atoms with Crippen molar-refractivity contribution in [2.75, 3.05) is 28.4 Å². The van der Waals surface area contributed by atoms with Gasteiger partial charge in [-0.1, -0.05) is 24.3 Å². The molecule has 0 fully saturated rings. The Balaban J connectivity index is 2.04. The lowest BCUT2D eigenvalue weighted by molar-refractivity contribution is 0.185. The van der Waals surface area contributed by atoms with Crippen molar-refractivity contribution in [3.63, 3.8) is 0 Å². The molecule has 0 aliphatic carbocycles. The van der Waals surface area contributed by atoms with E-state index in [2.05, 4.69) is 23.5 Å². The molecule has 0 heterocycles. The first kappa shape index (κ1) is 18.1. The van der Waals surface area contributed by atoms with Crippen LogP contribution in [0, 0.1) is 0 Å². The highest BCUT2D eigenvalue weighted by Gasteiger charge is 2.11. The number of nitrogens with one attached hydrogen (secondary N) is 1. The van der Waals surface area contributed by atoms with Gasteiger partial charge in [0.25, 0.3) is 0 Å². The minimum atomic E-state index is 0.622. The number of rotatable bonds is 9. The van der Waals surface area contributed by atoms with Gasteiger partial charge in [-0.3, -0.25) is 0 Å². The number of methoxy groups -OCH3 is 4. The zero-order valence-electron chi connectivity index (χ0n) is 14.7. The average molecular weight is 331 g/mol. The summed E-state index contributed by atoms with van der Waals surface area (Å²) in [7, 11) is 6.60. The fraction of sp³-hybridized carbons (Fsp3) is 0.368. The molecule has 0 saturated carbocycles. The van der Waals surface area contributed by atoms with Gasteiger partial charge in [0.15, 0.2) is 11.5 Å². The van der Waals surface area contributed by atoms with E-state index >= 15 is 0 Å². The van der Waals surface area contributed by atoms with Crippen LogP contribution in [0.5, 0.6) is 17.2 Å². The Kier molecular flexibility index (Phi) is 6.90. The summed E-state index contributed by atoms with van der Waals surface area (Å²) in [5.74, 6) is 2.12. The molecule has 24 heavy (non-hydrogen) atoms. The van der Waals surface area contributed by atoms with Crippen LogP contribution in [0.15, 0.2) is 36.4 Å². The van der Waals surface area contributed by atoms with E-state index < -0.39 is 0 Å². The molecule has 0 amide bonds. The molecule has 0 bridgehead atoms. The molecule has 0 aliphatic rings. The van der Waals surface area contributed by atoms with E-state index in [0.29, 0.717) is 24.7 Å². The van der Waals surface area contributed by atoms with E-state index in [0.717, 1.165) is 17.9 Å². The van der Waals surface area contributed by atoms with Crippen molar-refractivity contribution < 1.29 is 18.9 Å². The molecule has 2 aromatic rings. The summed E-state index contributed by atoms with van der Waals surface area (Å²) >= 11 is 0. The third-order valence-corrected chi connectivity index (χ3v) is 3.73. The highest BCUT2D eigenvalue weighted by atomic mass is 16.5. The van der Waals surface area contributed by atoms with Crippen LogP contribution in [0.1, 0.15) is 16.7 Å². The first-order valence-electron chi connectivity index (χ1n) is 7.78. The molecule has 1 N–H and O–H groups in total. The molecule has 0 unspecified atom stereocenters. The summed E-state index contributed by atoms with van der Waals surface area (Å²) in [6.45, 7) is 2.05. The molecular weight excluding hydrogens is 306 g/mol. The molecule has 0 saturated heterocycles. The van der Waals surface area contributed by atoms with Crippen molar-refractivity contribution in [3.8, 4) is 17.2 Å². The van der Waals surface area contributed by atoms with E-state index in [1.165, 1.54) is 11.1 Å². The summed E-state index contributed by atoms with van der Waals surface area (Å²) in [4.78, 5) is 0. The van der Waals surface area contributed by atoms with Crippen LogP contribution < -0.4 is 19.5 Å². The minimum Gasteiger partial charge on any atom is -0.496 e. The van der Waals surface area contributed by atoms with Crippen LogP contribution >= 0.6 is 0 Å². The predicted molar refractivity (Wildman–Crippen MR) is 93.8 cm³/mol. The van der Waals surface area contributed by atoms with Gasteiger partial charge in [0.2, 0.25) is 0 Å². The Bertz CT molecular complexity index is 658.